The van der Waals surface area contributed by atoms with Crippen LogP contribution in [0.2, 0.25) is 0 Å². The standard InChI is InChI=1S/C14H17NO3/c1-14(2,3)18-13(17)15-9-8-12(16)10-6-4-5-7-11(10)15/h4-7H,8-9H2,1-3H3. The van der Waals surface area contributed by atoms with Crippen molar-refractivity contribution in [2.75, 3.05) is 11.4 Å². The van der Waals surface area contributed by atoms with Gasteiger partial charge in [0.05, 0.1) is 5.69 Å². The van der Waals surface area contributed by atoms with Crippen LogP contribution >= 0.6 is 0 Å². The number of benzene rings is 1. The molecule has 4 heteroatoms. The summed E-state index contributed by atoms with van der Waals surface area (Å²) >= 11 is 0. The number of hydrogen-bond donors (Lipinski definition) is 0. The molecule has 1 aliphatic rings. The fourth-order valence-corrected chi connectivity index (χ4v) is 1.92. The molecule has 0 unspecified atom stereocenters. The maximum atomic E-state index is 12.1. The largest absolute Gasteiger partial charge is 0.443 e. The van der Waals surface area contributed by atoms with Gasteiger partial charge in [0.2, 0.25) is 0 Å². The van der Waals surface area contributed by atoms with Crippen LogP contribution in [-0.4, -0.2) is 24.0 Å². The van der Waals surface area contributed by atoms with Crippen LogP contribution < -0.4 is 4.90 Å². The maximum Gasteiger partial charge on any atom is 0.414 e. The highest BCUT2D eigenvalue weighted by Crippen LogP contribution is 2.28. The van der Waals surface area contributed by atoms with Crippen LogP contribution in [0.1, 0.15) is 37.6 Å². The van der Waals surface area contributed by atoms with Crippen LogP contribution in [0, 0.1) is 0 Å². The second-order valence-corrected chi connectivity index (χ2v) is 5.32. The summed E-state index contributed by atoms with van der Waals surface area (Å²) in [7, 11) is 0. The number of rotatable bonds is 0. The third kappa shape index (κ3) is 2.53. The Kier molecular flexibility index (Phi) is 3.11. The molecule has 0 atom stereocenters. The Balaban J connectivity index is 2.29. The fraction of sp³-hybridized carbons (Fsp3) is 0.429. The average Bonchev–Trinajstić information content (AvgIpc) is 2.27. The number of nitrogens with zero attached hydrogens (tertiary/aromatic N) is 1. The first-order valence-electron chi connectivity index (χ1n) is 6.01. The Morgan fingerprint density at radius 3 is 2.61 bits per heavy atom. The molecule has 0 saturated heterocycles. The van der Waals surface area contributed by atoms with Gasteiger partial charge < -0.3 is 4.74 Å². The van der Waals surface area contributed by atoms with E-state index in [1.165, 1.54) is 4.90 Å². The lowest BCUT2D eigenvalue weighted by molar-refractivity contribution is 0.0577. The first-order valence-corrected chi connectivity index (χ1v) is 6.01. The third-order valence-corrected chi connectivity index (χ3v) is 2.67. The highest BCUT2D eigenvalue weighted by atomic mass is 16.6. The van der Waals surface area contributed by atoms with E-state index in [0.717, 1.165) is 0 Å². The summed E-state index contributed by atoms with van der Waals surface area (Å²) in [5.74, 6) is 0.0745. The quantitative estimate of drug-likeness (QED) is 0.708. The highest BCUT2D eigenvalue weighted by Gasteiger charge is 2.30. The predicted molar refractivity (Wildman–Crippen MR) is 69.0 cm³/mol. The van der Waals surface area contributed by atoms with E-state index in [4.69, 9.17) is 4.74 Å². The molecular formula is C14H17NO3. The topological polar surface area (TPSA) is 46.6 Å². The molecule has 96 valence electrons. The monoisotopic (exact) mass is 247 g/mol. The van der Waals surface area contributed by atoms with Crippen molar-refractivity contribution in [3.8, 4) is 0 Å². The zero-order chi connectivity index (χ0) is 13.3. The number of Topliss-reactive ketones (excluding diaryl/α,β-unsaturated/α-hetero) is 1. The van der Waals surface area contributed by atoms with Crippen LogP contribution in [0.3, 0.4) is 0 Å². The Labute approximate surface area is 107 Å². The molecule has 4 nitrogen and oxygen atoms in total. The number of para-hydroxylation sites is 1. The number of amides is 1. The summed E-state index contributed by atoms with van der Waals surface area (Å²) in [6.07, 6.45) is -0.0570. The SMILES string of the molecule is CC(C)(C)OC(=O)N1CCC(=O)c2ccccc21. The average molecular weight is 247 g/mol. The van der Waals surface area contributed by atoms with Gasteiger partial charge >= 0.3 is 6.09 Å². The predicted octanol–water partition coefficient (Wildman–Crippen LogP) is 3.01. The van der Waals surface area contributed by atoms with Gasteiger partial charge in [-0.25, -0.2) is 4.79 Å². The molecule has 0 aliphatic carbocycles. The summed E-state index contributed by atoms with van der Waals surface area (Å²) in [6.45, 7) is 5.86. The molecular weight excluding hydrogens is 230 g/mol. The zero-order valence-corrected chi connectivity index (χ0v) is 10.9. The number of hydrogen-bond acceptors (Lipinski definition) is 3. The molecule has 0 N–H and O–H groups in total. The van der Waals surface area contributed by atoms with E-state index >= 15 is 0 Å². The van der Waals surface area contributed by atoms with Crippen molar-refractivity contribution in [1.82, 2.24) is 0 Å². The third-order valence-electron chi connectivity index (χ3n) is 2.67. The van der Waals surface area contributed by atoms with E-state index in [1.54, 1.807) is 18.2 Å². The molecule has 1 aromatic carbocycles. The number of fused-ring (bicyclic) bond motifs is 1. The number of carbonyl (C=O) groups excluding carboxylic acids is 2. The van der Waals surface area contributed by atoms with Crippen molar-refractivity contribution >= 4 is 17.6 Å². The number of carbonyl (C=O) groups is 2. The summed E-state index contributed by atoms with van der Waals surface area (Å²) < 4.78 is 5.34. The van der Waals surface area contributed by atoms with Crippen molar-refractivity contribution < 1.29 is 14.3 Å². The van der Waals surface area contributed by atoms with Crippen LogP contribution in [0.15, 0.2) is 24.3 Å². The summed E-state index contributed by atoms with van der Waals surface area (Å²) in [5, 5.41) is 0. The molecule has 0 aromatic heterocycles. The smallest absolute Gasteiger partial charge is 0.414 e. The Morgan fingerprint density at radius 2 is 1.94 bits per heavy atom. The van der Waals surface area contributed by atoms with E-state index in [9.17, 15) is 9.59 Å². The fourth-order valence-electron chi connectivity index (χ4n) is 1.92. The molecule has 0 spiro atoms. The first kappa shape index (κ1) is 12.6. The second kappa shape index (κ2) is 4.44. The Morgan fingerprint density at radius 1 is 1.28 bits per heavy atom. The van der Waals surface area contributed by atoms with Crippen molar-refractivity contribution in [2.45, 2.75) is 32.8 Å². The van der Waals surface area contributed by atoms with E-state index in [2.05, 4.69) is 0 Å². The molecule has 1 heterocycles. The summed E-state index contributed by atoms with van der Waals surface area (Å²) in [5.41, 5.74) is 0.700. The molecule has 0 fully saturated rings. The van der Waals surface area contributed by atoms with Crippen LogP contribution in [0.25, 0.3) is 0 Å². The lowest BCUT2D eigenvalue weighted by Gasteiger charge is -2.30. The van der Waals surface area contributed by atoms with Gasteiger partial charge in [-0.3, -0.25) is 9.69 Å². The van der Waals surface area contributed by atoms with Crippen molar-refractivity contribution in [2.24, 2.45) is 0 Å². The highest BCUT2D eigenvalue weighted by molar-refractivity contribution is 6.07. The first-order chi connectivity index (χ1) is 8.38. The van der Waals surface area contributed by atoms with E-state index in [1.807, 2.05) is 26.8 Å². The normalized spacial score (nSPS) is 15.3. The van der Waals surface area contributed by atoms with Gasteiger partial charge in [0, 0.05) is 18.5 Å². The van der Waals surface area contributed by atoms with Gasteiger partial charge in [0.1, 0.15) is 5.60 Å². The van der Waals surface area contributed by atoms with Crippen LogP contribution in [0.4, 0.5) is 10.5 Å². The van der Waals surface area contributed by atoms with Gasteiger partial charge in [-0.15, -0.1) is 0 Å². The summed E-state index contributed by atoms with van der Waals surface area (Å²) in [4.78, 5) is 25.4. The molecule has 18 heavy (non-hydrogen) atoms. The lowest BCUT2D eigenvalue weighted by Crippen LogP contribution is -2.41. The minimum Gasteiger partial charge on any atom is -0.443 e. The minimum atomic E-state index is -0.534. The molecule has 1 aliphatic heterocycles. The lowest BCUT2D eigenvalue weighted by atomic mass is 10.0. The van der Waals surface area contributed by atoms with Crippen molar-refractivity contribution in [3.05, 3.63) is 29.8 Å². The van der Waals surface area contributed by atoms with E-state index < -0.39 is 11.7 Å². The van der Waals surface area contributed by atoms with Crippen molar-refractivity contribution in [1.29, 1.82) is 0 Å². The Hall–Kier alpha value is -1.84. The molecule has 0 bridgehead atoms. The molecule has 1 amide bonds. The van der Waals surface area contributed by atoms with Gasteiger partial charge in [0.25, 0.3) is 0 Å². The number of anilines is 1. The minimum absolute atomic E-state index is 0.0745. The zero-order valence-electron chi connectivity index (χ0n) is 10.9. The number of ether oxygens (including phenoxy) is 1. The van der Waals surface area contributed by atoms with Crippen molar-refractivity contribution in [3.63, 3.8) is 0 Å². The maximum absolute atomic E-state index is 12.1. The number of ketones is 1. The van der Waals surface area contributed by atoms with Gasteiger partial charge in [-0.05, 0) is 32.9 Å². The van der Waals surface area contributed by atoms with E-state index in [-0.39, 0.29) is 5.78 Å². The van der Waals surface area contributed by atoms with Gasteiger partial charge in [-0.1, -0.05) is 12.1 Å². The van der Waals surface area contributed by atoms with E-state index in [0.29, 0.717) is 24.2 Å². The molecule has 0 saturated carbocycles. The molecule has 2 rings (SSSR count). The molecule has 0 radical (unpaired) electrons. The second-order valence-electron chi connectivity index (χ2n) is 5.32. The van der Waals surface area contributed by atoms with Crippen LogP contribution in [-0.2, 0) is 4.74 Å². The molecule has 1 aromatic rings. The Bertz CT molecular complexity index is 488. The van der Waals surface area contributed by atoms with Gasteiger partial charge in [0.15, 0.2) is 5.78 Å². The summed E-state index contributed by atoms with van der Waals surface area (Å²) in [6, 6.07) is 7.13. The van der Waals surface area contributed by atoms with Gasteiger partial charge in [-0.2, -0.15) is 0 Å². The van der Waals surface area contributed by atoms with Crippen LogP contribution in [0.5, 0.6) is 0 Å².